The highest BCUT2D eigenvalue weighted by Gasteiger charge is 2.35. The molecule has 0 radical (unpaired) electrons. The molecule has 0 aromatic rings. The molecule has 2 rings (SSSR count). The molecule has 2 saturated heterocycles. The van der Waals surface area contributed by atoms with Crippen LogP contribution in [0.3, 0.4) is 0 Å². The molecular weight excluding hydrogens is 266 g/mol. The quantitative estimate of drug-likeness (QED) is 0.710. The summed E-state index contributed by atoms with van der Waals surface area (Å²) in [7, 11) is 0. The van der Waals surface area contributed by atoms with Crippen molar-refractivity contribution in [1.82, 2.24) is 5.32 Å². The molecule has 0 saturated carbocycles. The van der Waals surface area contributed by atoms with Crippen LogP contribution >= 0.6 is 0 Å². The molecule has 4 atom stereocenters. The highest BCUT2D eigenvalue weighted by atomic mass is 16.5. The van der Waals surface area contributed by atoms with Crippen molar-refractivity contribution in [2.75, 3.05) is 19.8 Å². The Bertz CT molecular complexity index is 355. The van der Waals surface area contributed by atoms with Gasteiger partial charge in [0.1, 0.15) is 6.10 Å². The van der Waals surface area contributed by atoms with Crippen LogP contribution < -0.4 is 5.32 Å². The fourth-order valence-corrected chi connectivity index (χ4v) is 2.31. The van der Waals surface area contributed by atoms with Crippen molar-refractivity contribution < 1.29 is 28.9 Å². The van der Waals surface area contributed by atoms with Gasteiger partial charge in [0.2, 0.25) is 5.91 Å². The number of carboxylic acid groups (broad SMARTS) is 1. The van der Waals surface area contributed by atoms with Gasteiger partial charge in [-0.1, -0.05) is 0 Å². The SMILES string of the molecule is CC(COC1CCOC1)NC(=O)[C@@H]1CC[C@H](C(=O)O)O1. The van der Waals surface area contributed by atoms with Crippen LogP contribution in [-0.2, 0) is 23.8 Å². The Morgan fingerprint density at radius 1 is 1.35 bits per heavy atom. The number of carboxylic acids is 1. The van der Waals surface area contributed by atoms with Gasteiger partial charge >= 0.3 is 5.97 Å². The number of hydrogen-bond acceptors (Lipinski definition) is 5. The zero-order valence-corrected chi connectivity index (χ0v) is 11.5. The number of carbonyl (C=O) groups is 2. The number of aliphatic carboxylic acids is 1. The van der Waals surface area contributed by atoms with E-state index in [0.717, 1.165) is 13.0 Å². The summed E-state index contributed by atoms with van der Waals surface area (Å²) in [5.74, 6) is -1.29. The van der Waals surface area contributed by atoms with Gasteiger partial charge in [-0.3, -0.25) is 4.79 Å². The summed E-state index contributed by atoms with van der Waals surface area (Å²) in [5, 5.41) is 11.6. The highest BCUT2D eigenvalue weighted by Crippen LogP contribution is 2.20. The van der Waals surface area contributed by atoms with E-state index in [0.29, 0.717) is 26.1 Å². The Kier molecular flexibility index (Phi) is 5.33. The first-order chi connectivity index (χ1) is 9.56. The van der Waals surface area contributed by atoms with Crippen molar-refractivity contribution in [3.8, 4) is 0 Å². The summed E-state index contributed by atoms with van der Waals surface area (Å²) in [6.45, 7) is 3.58. The normalized spacial score (nSPS) is 31.1. The lowest BCUT2D eigenvalue weighted by molar-refractivity contribution is -0.152. The lowest BCUT2D eigenvalue weighted by Gasteiger charge is -2.19. The van der Waals surface area contributed by atoms with Gasteiger partial charge in [0.05, 0.1) is 19.3 Å². The van der Waals surface area contributed by atoms with E-state index < -0.39 is 18.2 Å². The third kappa shape index (κ3) is 4.16. The lowest BCUT2D eigenvalue weighted by atomic mass is 10.2. The van der Waals surface area contributed by atoms with Gasteiger partial charge in [-0.15, -0.1) is 0 Å². The Morgan fingerprint density at radius 2 is 2.10 bits per heavy atom. The predicted octanol–water partition coefficient (Wildman–Crippen LogP) is -0.0712. The minimum Gasteiger partial charge on any atom is -0.479 e. The van der Waals surface area contributed by atoms with Crippen LogP contribution in [0.2, 0.25) is 0 Å². The molecule has 2 unspecified atom stereocenters. The number of ether oxygens (including phenoxy) is 3. The molecule has 2 heterocycles. The standard InChI is InChI=1S/C13H21NO6/c1-8(6-19-9-4-5-18-7-9)14-12(15)10-2-3-11(20-10)13(16)17/h8-11H,2-7H2,1H3,(H,14,15)(H,16,17)/t8?,9?,10-,11+/m0/s1. The summed E-state index contributed by atoms with van der Waals surface area (Å²) in [6.07, 6.45) is 0.256. The maximum Gasteiger partial charge on any atom is 0.332 e. The van der Waals surface area contributed by atoms with Gasteiger partial charge < -0.3 is 24.6 Å². The van der Waals surface area contributed by atoms with Crippen molar-refractivity contribution in [3.05, 3.63) is 0 Å². The summed E-state index contributed by atoms with van der Waals surface area (Å²) in [4.78, 5) is 22.7. The molecule has 2 fully saturated rings. The van der Waals surface area contributed by atoms with E-state index in [4.69, 9.17) is 19.3 Å². The third-order valence-electron chi connectivity index (χ3n) is 3.45. The van der Waals surface area contributed by atoms with E-state index in [1.54, 1.807) is 0 Å². The molecule has 20 heavy (non-hydrogen) atoms. The van der Waals surface area contributed by atoms with Gasteiger partial charge in [-0.05, 0) is 26.2 Å². The lowest BCUT2D eigenvalue weighted by Crippen LogP contribution is -2.43. The Morgan fingerprint density at radius 3 is 2.70 bits per heavy atom. The summed E-state index contributed by atoms with van der Waals surface area (Å²) in [5.41, 5.74) is 0. The van der Waals surface area contributed by atoms with Crippen LogP contribution in [0.1, 0.15) is 26.2 Å². The summed E-state index contributed by atoms with van der Waals surface area (Å²) in [6, 6.07) is -0.143. The molecule has 0 aliphatic carbocycles. The van der Waals surface area contributed by atoms with Crippen LogP contribution in [0, 0.1) is 0 Å². The number of carbonyl (C=O) groups excluding carboxylic acids is 1. The van der Waals surface area contributed by atoms with E-state index in [1.165, 1.54) is 0 Å². The van der Waals surface area contributed by atoms with Gasteiger partial charge in [-0.25, -0.2) is 4.79 Å². The molecule has 2 aliphatic heterocycles. The molecule has 7 heteroatoms. The largest absolute Gasteiger partial charge is 0.479 e. The Labute approximate surface area is 117 Å². The molecule has 114 valence electrons. The van der Waals surface area contributed by atoms with Crippen LogP contribution in [0.5, 0.6) is 0 Å². The summed E-state index contributed by atoms with van der Waals surface area (Å²) < 4.78 is 16.0. The average Bonchev–Trinajstić information content (AvgIpc) is 3.07. The van der Waals surface area contributed by atoms with Gasteiger partial charge in [0, 0.05) is 12.6 Å². The van der Waals surface area contributed by atoms with Crippen LogP contribution in [0.25, 0.3) is 0 Å². The fourth-order valence-electron chi connectivity index (χ4n) is 2.31. The van der Waals surface area contributed by atoms with Crippen LogP contribution in [0.15, 0.2) is 0 Å². The van der Waals surface area contributed by atoms with E-state index in [1.807, 2.05) is 6.92 Å². The van der Waals surface area contributed by atoms with Crippen LogP contribution in [0.4, 0.5) is 0 Å². The number of rotatable bonds is 6. The number of hydrogen-bond donors (Lipinski definition) is 2. The third-order valence-corrected chi connectivity index (χ3v) is 3.45. The van der Waals surface area contributed by atoms with Crippen molar-refractivity contribution in [3.63, 3.8) is 0 Å². The van der Waals surface area contributed by atoms with E-state index in [2.05, 4.69) is 5.32 Å². The van der Waals surface area contributed by atoms with E-state index in [9.17, 15) is 9.59 Å². The molecule has 2 N–H and O–H groups in total. The zero-order valence-electron chi connectivity index (χ0n) is 11.5. The Balaban J connectivity index is 1.67. The smallest absolute Gasteiger partial charge is 0.332 e. The molecule has 1 amide bonds. The molecule has 2 aliphatic rings. The first kappa shape index (κ1) is 15.2. The number of amides is 1. The highest BCUT2D eigenvalue weighted by molar-refractivity contribution is 5.82. The minimum atomic E-state index is -1.02. The van der Waals surface area contributed by atoms with Gasteiger partial charge in [0.25, 0.3) is 0 Å². The van der Waals surface area contributed by atoms with Crippen molar-refractivity contribution in [2.45, 2.75) is 50.5 Å². The maximum atomic E-state index is 11.9. The van der Waals surface area contributed by atoms with E-state index >= 15 is 0 Å². The van der Waals surface area contributed by atoms with Gasteiger partial charge in [-0.2, -0.15) is 0 Å². The van der Waals surface area contributed by atoms with Crippen molar-refractivity contribution in [2.24, 2.45) is 0 Å². The second-order valence-corrected chi connectivity index (χ2v) is 5.26. The van der Waals surface area contributed by atoms with E-state index in [-0.39, 0.29) is 18.1 Å². The number of nitrogens with one attached hydrogen (secondary N) is 1. The monoisotopic (exact) mass is 287 g/mol. The molecular formula is C13H21NO6. The van der Waals surface area contributed by atoms with Crippen LogP contribution in [-0.4, -0.2) is 61.2 Å². The van der Waals surface area contributed by atoms with Gasteiger partial charge in [0.15, 0.2) is 6.10 Å². The first-order valence-corrected chi connectivity index (χ1v) is 6.94. The van der Waals surface area contributed by atoms with Crippen molar-refractivity contribution in [1.29, 1.82) is 0 Å². The predicted molar refractivity (Wildman–Crippen MR) is 68.3 cm³/mol. The summed E-state index contributed by atoms with van der Waals surface area (Å²) >= 11 is 0. The minimum absolute atomic E-state index is 0.105. The Hall–Kier alpha value is -1.18. The first-order valence-electron chi connectivity index (χ1n) is 6.94. The second-order valence-electron chi connectivity index (χ2n) is 5.26. The fraction of sp³-hybridized carbons (Fsp3) is 0.846. The molecule has 0 spiro atoms. The molecule has 0 aromatic carbocycles. The van der Waals surface area contributed by atoms with Crippen molar-refractivity contribution >= 4 is 11.9 Å². The maximum absolute atomic E-state index is 11.9. The average molecular weight is 287 g/mol. The molecule has 7 nitrogen and oxygen atoms in total. The molecule has 0 bridgehead atoms. The second kappa shape index (κ2) is 7.01. The topological polar surface area (TPSA) is 94.1 Å². The zero-order chi connectivity index (χ0) is 14.5. The molecule has 0 aromatic heterocycles.